The van der Waals surface area contributed by atoms with Crippen LogP contribution in [0.4, 0.5) is 0 Å². The minimum absolute atomic E-state index is 0.0912. The molecule has 0 spiro atoms. The van der Waals surface area contributed by atoms with Crippen LogP contribution in [0, 0.1) is 12.8 Å². The summed E-state index contributed by atoms with van der Waals surface area (Å²) < 4.78 is 5.21. The van der Waals surface area contributed by atoms with Gasteiger partial charge in [-0.15, -0.1) is 0 Å². The third-order valence-electron chi connectivity index (χ3n) is 3.23. The molecule has 5 nitrogen and oxygen atoms in total. The highest BCUT2D eigenvalue weighted by molar-refractivity contribution is 5.78. The van der Waals surface area contributed by atoms with E-state index in [0.717, 1.165) is 44.2 Å². The highest BCUT2D eigenvalue weighted by atomic mass is 16.5. The first-order chi connectivity index (χ1) is 8.56. The number of hydrogen-bond acceptors (Lipinski definition) is 4. The van der Waals surface area contributed by atoms with E-state index in [0.29, 0.717) is 0 Å². The Balaban J connectivity index is 1.82. The number of hydrogen-bond donors (Lipinski definition) is 0. The molecule has 0 bridgehead atoms. The first-order valence-corrected chi connectivity index (χ1v) is 6.49. The third kappa shape index (κ3) is 3.10. The fraction of sp³-hybridized carbons (Fsp3) is 0.692. The molecule has 0 saturated carbocycles. The molecule has 1 aliphatic rings. The van der Waals surface area contributed by atoms with Crippen LogP contribution in [0.15, 0.2) is 10.6 Å². The number of aryl methyl sites for hydroxylation is 1. The Labute approximate surface area is 108 Å². The molecule has 0 aromatic carbocycles. The lowest BCUT2D eigenvalue weighted by atomic mass is 10.1. The molecule has 100 valence electrons. The van der Waals surface area contributed by atoms with Crippen LogP contribution in [0.5, 0.6) is 0 Å². The van der Waals surface area contributed by atoms with Crippen LogP contribution in [0.25, 0.3) is 0 Å². The lowest BCUT2D eigenvalue weighted by Crippen LogP contribution is -2.49. The monoisotopic (exact) mass is 251 g/mol. The summed E-state index contributed by atoms with van der Waals surface area (Å²) in [6.45, 7) is 10.0. The standard InChI is InChI=1S/C13H21N3O2/c1-10(2)13(17)16-6-4-15(5-7-16)9-12-8-11(3)14-18-12/h8,10H,4-7,9H2,1-3H3. The van der Waals surface area contributed by atoms with Gasteiger partial charge >= 0.3 is 0 Å². The number of carbonyl (C=O) groups excluding carboxylic acids is 1. The van der Waals surface area contributed by atoms with Crippen molar-refractivity contribution in [1.29, 1.82) is 0 Å². The van der Waals surface area contributed by atoms with E-state index in [9.17, 15) is 4.79 Å². The van der Waals surface area contributed by atoms with Crippen molar-refractivity contribution in [2.24, 2.45) is 5.92 Å². The third-order valence-corrected chi connectivity index (χ3v) is 3.23. The van der Waals surface area contributed by atoms with Gasteiger partial charge in [-0.25, -0.2) is 0 Å². The van der Waals surface area contributed by atoms with Gasteiger partial charge in [-0.2, -0.15) is 0 Å². The molecule has 1 saturated heterocycles. The number of nitrogens with zero attached hydrogens (tertiary/aromatic N) is 3. The van der Waals surface area contributed by atoms with Gasteiger partial charge in [0.1, 0.15) is 0 Å². The summed E-state index contributed by atoms with van der Waals surface area (Å²) in [6, 6.07) is 1.96. The molecule has 2 heterocycles. The van der Waals surface area contributed by atoms with Crippen molar-refractivity contribution in [1.82, 2.24) is 15.0 Å². The molecule has 1 fully saturated rings. The Morgan fingerprint density at radius 2 is 2.06 bits per heavy atom. The van der Waals surface area contributed by atoms with Crippen LogP contribution in [0.2, 0.25) is 0 Å². The summed E-state index contributed by atoms with van der Waals surface area (Å²) in [5, 5.41) is 3.88. The van der Waals surface area contributed by atoms with Crippen molar-refractivity contribution in [3.8, 4) is 0 Å². The van der Waals surface area contributed by atoms with Gasteiger partial charge in [-0.05, 0) is 6.92 Å². The average molecular weight is 251 g/mol. The minimum Gasteiger partial charge on any atom is -0.360 e. The normalized spacial score (nSPS) is 17.4. The average Bonchev–Trinajstić information content (AvgIpc) is 2.75. The van der Waals surface area contributed by atoms with Crippen molar-refractivity contribution in [2.75, 3.05) is 26.2 Å². The first kappa shape index (κ1) is 13.1. The van der Waals surface area contributed by atoms with Gasteiger partial charge in [0.25, 0.3) is 0 Å². The number of carbonyl (C=O) groups is 1. The maximum absolute atomic E-state index is 11.8. The van der Waals surface area contributed by atoms with E-state index >= 15 is 0 Å². The first-order valence-electron chi connectivity index (χ1n) is 6.49. The lowest BCUT2D eigenvalue weighted by Gasteiger charge is -2.35. The molecule has 2 rings (SSSR count). The van der Waals surface area contributed by atoms with Crippen molar-refractivity contribution < 1.29 is 9.32 Å². The van der Waals surface area contributed by atoms with Crippen molar-refractivity contribution in [2.45, 2.75) is 27.3 Å². The quantitative estimate of drug-likeness (QED) is 0.812. The fourth-order valence-corrected chi connectivity index (χ4v) is 2.20. The Morgan fingerprint density at radius 1 is 1.39 bits per heavy atom. The van der Waals surface area contributed by atoms with Gasteiger partial charge in [-0.1, -0.05) is 19.0 Å². The summed E-state index contributed by atoms with van der Waals surface area (Å²) in [5.74, 6) is 1.25. The molecule has 0 atom stereocenters. The maximum atomic E-state index is 11.8. The Hall–Kier alpha value is -1.36. The molecule has 1 aliphatic heterocycles. The second kappa shape index (κ2) is 5.52. The molecular formula is C13H21N3O2. The van der Waals surface area contributed by atoms with Gasteiger partial charge < -0.3 is 9.42 Å². The summed E-state index contributed by atoms with van der Waals surface area (Å²) >= 11 is 0. The van der Waals surface area contributed by atoms with Gasteiger partial charge in [0, 0.05) is 38.2 Å². The molecule has 0 unspecified atom stereocenters. The summed E-state index contributed by atoms with van der Waals surface area (Å²) in [7, 11) is 0. The van der Waals surface area contributed by atoms with Gasteiger partial charge in [0.2, 0.25) is 5.91 Å². The van der Waals surface area contributed by atoms with Crippen LogP contribution in [-0.2, 0) is 11.3 Å². The molecule has 0 radical (unpaired) electrons. The van der Waals surface area contributed by atoms with Crippen LogP contribution in [0.3, 0.4) is 0 Å². The zero-order valence-electron chi connectivity index (χ0n) is 11.3. The zero-order chi connectivity index (χ0) is 13.1. The number of amides is 1. The van der Waals surface area contributed by atoms with Crippen LogP contribution in [0.1, 0.15) is 25.3 Å². The summed E-state index contributed by atoms with van der Waals surface area (Å²) in [5.41, 5.74) is 0.915. The molecule has 1 aromatic heterocycles. The summed E-state index contributed by atoms with van der Waals surface area (Å²) in [4.78, 5) is 16.1. The van der Waals surface area contributed by atoms with Crippen molar-refractivity contribution in [3.63, 3.8) is 0 Å². The van der Waals surface area contributed by atoms with E-state index in [-0.39, 0.29) is 11.8 Å². The zero-order valence-corrected chi connectivity index (χ0v) is 11.3. The van der Waals surface area contributed by atoms with E-state index in [2.05, 4.69) is 10.1 Å². The lowest BCUT2D eigenvalue weighted by molar-refractivity contribution is -0.136. The molecule has 18 heavy (non-hydrogen) atoms. The smallest absolute Gasteiger partial charge is 0.225 e. The SMILES string of the molecule is Cc1cc(CN2CCN(C(=O)C(C)C)CC2)on1. The molecule has 1 aromatic rings. The molecule has 0 aliphatic carbocycles. The molecular weight excluding hydrogens is 230 g/mol. The maximum Gasteiger partial charge on any atom is 0.225 e. The molecule has 5 heteroatoms. The predicted molar refractivity (Wildman–Crippen MR) is 67.9 cm³/mol. The second-order valence-corrected chi connectivity index (χ2v) is 5.19. The van der Waals surface area contributed by atoms with Crippen LogP contribution >= 0.6 is 0 Å². The minimum atomic E-state index is 0.0912. The highest BCUT2D eigenvalue weighted by Crippen LogP contribution is 2.11. The van der Waals surface area contributed by atoms with Crippen LogP contribution in [-0.4, -0.2) is 47.0 Å². The molecule has 1 amide bonds. The van der Waals surface area contributed by atoms with E-state index < -0.39 is 0 Å². The number of piperazine rings is 1. The van der Waals surface area contributed by atoms with Crippen molar-refractivity contribution >= 4 is 5.91 Å². The topological polar surface area (TPSA) is 49.6 Å². The Morgan fingerprint density at radius 3 is 2.56 bits per heavy atom. The van der Waals surface area contributed by atoms with E-state index in [1.807, 2.05) is 31.7 Å². The number of rotatable bonds is 3. The Kier molecular flexibility index (Phi) is 4.01. The van der Waals surface area contributed by atoms with Crippen molar-refractivity contribution in [3.05, 3.63) is 17.5 Å². The predicted octanol–water partition coefficient (Wildman–Crippen LogP) is 1.28. The largest absolute Gasteiger partial charge is 0.360 e. The van der Waals surface area contributed by atoms with E-state index in [1.54, 1.807) is 0 Å². The fourth-order valence-electron chi connectivity index (χ4n) is 2.20. The molecule has 0 N–H and O–H groups in total. The van der Waals surface area contributed by atoms with E-state index in [4.69, 9.17) is 4.52 Å². The van der Waals surface area contributed by atoms with Gasteiger partial charge in [-0.3, -0.25) is 9.69 Å². The number of aromatic nitrogens is 1. The highest BCUT2D eigenvalue weighted by Gasteiger charge is 2.23. The second-order valence-electron chi connectivity index (χ2n) is 5.19. The van der Waals surface area contributed by atoms with E-state index in [1.165, 1.54) is 0 Å². The van der Waals surface area contributed by atoms with Gasteiger partial charge in [0.05, 0.1) is 12.2 Å². The summed E-state index contributed by atoms with van der Waals surface area (Å²) in [6.07, 6.45) is 0. The van der Waals surface area contributed by atoms with Crippen LogP contribution < -0.4 is 0 Å². The Bertz CT molecular complexity index is 406. The van der Waals surface area contributed by atoms with Gasteiger partial charge in [0.15, 0.2) is 5.76 Å².